The van der Waals surface area contributed by atoms with Gasteiger partial charge in [0.25, 0.3) is 0 Å². The first-order valence-corrected chi connectivity index (χ1v) is 18.6. The Morgan fingerprint density at radius 1 is 0.981 bits per heavy atom. The number of aliphatic carboxylic acids is 1. The van der Waals surface area contributed by atoms with Crippen LogP contribution < -0.4 is 14.8 Å². The van der Waals surface area contributed by atoms with Crippen molar-refractivity contribution in [3.63, 3.8) is 0 Å². The number of nitrogens with zero attached hydrogens (tertiary/aromatic N) is 4. The number of fused-ring (bicyclic) bond motifs is 1. The number of aryl methyl sites for hydroxylation is 1. The first-order chi connectivity index (χ1) is 25.2. The van der Waals surface area contributed by atoms with E-state index in [1.165, 1.54) is 6.20 Å². The third-order valence-corrected chi connectivity index (χ3v) is 10.5. The number of unbranched alkanes of at least 4 members (excludes halogenated alkanes) is 1. The molecule has 1 fully saturated rings. The van der Waals surface area contributed by atoms with Gasteiger partial charge in [-0.2, -0.15) is 5.10 Å². The van der Waals surface area contributed by atoms with E-state index in [1.807, 2.05) is 24.4 Å². The van der Waals surface area contributed by atoms with Gasteiger partial charge in [-0.1, -0.05) is 53.5 Å². The number of ether oxygens (including phenoxy) is 2. The smallest absolute Gasteiger partial charge is 0.323 e. The fraction of sp³-hybridized carbons (Fsp3) is 0.342. The summed E-state index contributed by atoms with van der Waals surface area (Å²) in [5.74, 6) is -0.381. The highest BCUT2D eigenvalue weighted by Crippen LogP contribution is 2.38. The molecular weight excluding hydrogens is 773 g/mol. The van der Waals surface area contributed by atoms with Crippen molar-refractivity contribution >= 4 is 56.0 Å². The van der Waals surface area contributed by atoms with Crippen LogP contribution in [0.2, 0.25) is 10.0 Å². The lowest BCUT2D eigenvalue weighted by atomic mass is 10.00. The molecule has 2 aromatic heterocycles. The normalized spacial score (nSPS) is 15.3. The van der Waals surface area contributed by atoms with E-state index in [0.29, 0.717) is 27.1 Å². The van der Waals surface area contributed by atoms with Gasteiger partial charge in [-0.15, -0.1) is 0 Å². The van der Waals surface area contributed by atoms with E-state index in [0.717, 1.165) is 83.1 Å². The molecule has 0 amide bonds. The Kier molecular flexibility index (Phi) is 13.0. The number of benzene rings is 3. The maximum atomic E-state index is 11.5. The summed E-state index contributed by atoms with van der Waals surface area (Å²) in [6.07, 6.45) is 7.81. The van der Waals surface area contributed by atoms with Crippen LogP contribution in [-0.4, -0.2) is 79.3 Å². The zero-order valence-electron chi connectivity index (χ0n) is 28.4. The van der Waals surface area contributed by atoms with Crippen molar-refractivity contribution in [2.45, 2.75) is 57.7 Å². The molecule has 0 aliphatic carbocycles. The number of rotatable bonds is 17. The van der Waals surface area contributed by atoms with Gasteiger partial charge < -0.3 is 29.7 Å². The molecule has 0 bridgehead atoms. The molecule has 4 N–H and O–H groups in total. The molecule has 1 saturated heterocycles. The maximum Gasteiger partial charge on any atom is 0.323 e. The number of nitrogens with one attached hydrogen (secondary N) is 1. The van der Waals surface area contributed by atoms with Crippen LogP contribution in [0, 0.1) is 0 Å². The highest BCUT2D eigenvalue weighted by Gasteiger charge is 2.21. The summed E-state index contributed by atoms with van der Waals surface area (Å²) >= 11 is 16.7. The molecule has 52 heavy (non-hydrogen) atoms. The van der Waals surface area contributed by atoms with E-state index in [2.05, 4.69) is 54.0 Å². The minimum Gasteiger partial charge on any atom is -0.488 e. The van der Waals surface area contributed by atoms with Gasteiger partial charge in [0.1, 0.15) is 30.8 Å². The summed E-state index contributed by atoms with van der Waals surface area (Å²) in [5.41, 5.74) is 5.34. The summed E-state index contributed by atoms with van der Waals surface area (Å²) in [6, 6.07) is 16.2. The van der Waals surface area contributed by atoms with Crippen LogP contribution in [0.3, 0.4) is 0 Å². The number of halogens is 3. The third kappa shape index (κ3) is 9.42. The SMILES string of the molecule is O=C(O)[C@H](CO)NCc1cc(Cl)c(OCc2cccc(-c3cccc4c3cnn4CCCCN3CC[C@@H](O)C3)c2Br)cc1OCc1cncc(Cl)c1. The van der Waals surface area contributed by atoms with Crippen molar-refractivity contribution < 1.29 is 29.6 Å². The fourth-order valence-electron chi connectivity index (χ4n) is 6.30. The Morgan fingerprint density at radius 2 is 1.77 bits per heavy atom. The molecule has 1 aliphatic rings. The molecule has 5 aromatic rings. The Hall–Kier alpha value is -3.75. The van der Waals surface area contributed by atoms with Gasteiger partial charge in [-0.25, -0.2) is 0 Å². The third-order valence-electron chi connectivity index (χ3n) is 9.07. The number of carboxylic acid groups (broad SMARTS) is 1. The van der Waals surface area contributed by atoms with E-state index < -0.39 is 18.6 Å². The first kappa shape index (κ1) is 38.0. The van der Waals surface area contributed by atoms with Crippen molar-refractivity contribution in [2.75, 3.05) is 26.2 Å². The van der Waals surface area contributed by atoms with Gasteiger partial charge in [0, 0.05) is 71.2 Å². The molecule has 6 rings (SSSR count). The largest absolute Gasteiger partial charge is 0.488 e. The van der Waals surface area contributed by atoms with E-state index in [9.17, 15) is 20.1 Å². The second-order valence-corrected chi connectivity index (χ2v) is 14.4. The van der Waals surface area contributed by atoms with E-state index in [-0.39, 0.29) is 25.9 Å². The highest BCUT2D eigenvalue weighted by atomic mass is 79.9. The van der Waals surface area contributed by atoms with Crippen LogP contribution in [0.15, 0.2) is 77.7 Å². The van der Waals surface area contributed by atoms with Crippen molar-refractivity contribution in [3.8, 4) is 22.6 Å². The number of aliphatic hydroxyl groups excluding tert-OH is 2. The number of likely N-dealkylation sites (tertiary alicyclic amines) is 1. The lowest BCUT2D eigenvalue weighted by Gasteiger charge is -2.18. The molecular formula is C38H40BrCl2N5O6. The predicted molar refractivity (Wildman–Crippen MR) is 204 cm³/mol. The topological polar surface area (TPSA) is 142 Å². The van der Waals surface area contributed by atoms with Gasteiger partial charge in [0.15, 0.2) is 0 Å². The molecule has 0 unspecified atom stereocenters. The van der Waals surface area contributed by atoms with Crippen molar-refractivity contribution in [2.24, 2.45) is 0 Å². The molecule has 14 heteroatoms. The molecule has 2 atom stereocenters. The van der Waals surface area contributed by atoms with Crippen molar-refractivity contribution in [1.29, 1.82) is 0 Å². The molecule has 1 aliphatic heterocycles. The second-order valence-electron chi connectivity index (χ2n) is 12.8. The molecule has 274 valence electrons. The van der Waals surface area contributed by atoms with Crippen LogP contribution in [0.5, 0.6) is 11.5 Å². The molecule has 0 spiro atoms. The minimum absolute atomic E-state index is 0.0694. The molecule has 0 saturated carbocycles. The molecule has 11 nitrogen and oxygen atoms in total. The average Bonchev–Trinajstić information content (AvgIpc) is 3.75. The first-order valence-electron chi connectivity index (χ1n) is 17.1. The van der Waals surface area contributed by atoms with E-state index in [1.54, 1.807) is 24.4 Å². The Labute approximate surface area is 320 Å². The number of hydrogen-bond donors (Lipinski definition) is 4. The summed E-state index contributed by atoms with van der Waals surface area (Å²) in [5, 5.41) is 38.1. The van der Waals surface area contributed by atoms with E-state index in [4.69, 9.17) is 37.8 Å². The van der Waals surface area contributed by atoms with Gasteiger partial charge in [-0.3, -0.25) is 19.8 Å². The molecule has 0 radical (unpaired) electrons. The molecule has 3 aromatic carbocycles. The lowest BCUT2D eigenvalue weighted by Crippen LogP contribution is -2.39. The zero-order valence-corrected chi connectivity index (χ0v) is 31.4. The van der Waals surface area contributed by atoms with Gasteiger partial charge in [0.05, 0.1) is 34.5 Å². The standard InChI is InChI=1S/C38H40BrCl2N5O6/c39-37-25(5-3-7-30(37)29-6-4-8-34-31(29)19-44-46(34)11-2-1-10-45-12-9-28(48)20-45)23-52-36-15-35(51-22-24-13-27(40)18-42-16-24)26(14-32(36)41)17-43-33(21-47)38(49)50/h3-8,13-16,18-19,28,33,43,47-48H,1-2,9-12,17,20-23H2,(H,49,50)/t28-,33+/m1/s1. The van der Waals surface area contributed by atoms with Crippen LogP contribution in [0.1, 0.15) is 36.0 Å². The van der Waals surface area contributed by atoms with Gasteiger partial charge >= 0.3 is 5.97 Å². The van der Waals surface area contributed by atoms with Crippen LogP contribution in [0.25, 0.3) is 22.0 Å². The zero-order chi connectivity index (χ0) is 36.6. The summed E-state index contributed by atoms with van der Waals surface area (Å²) in [7, 11) is 0. The van der Waals surface area contributed by atoms with Crippen LogP contribution in [0.4, 0.5) is 0 Å². The average molecular weight is 814 g/mol. The van der Waals surface area contributed by atoms with Crippen molar-refractivity contribution in [3.05, 3.63) is 104 Å². The number of hydrogen-bond acceptors (Lipinski definition) is 9. The predicted octanol–water partition coefficient (Wildman–Crippen LogP) is 6.71. The Balaban J connectivity index is 1.17. The monoisotopic (exact) mass is 811 g/mol. The number of β-amino-alcohol motifs (C(OH)–C–C–N with tert-alkyl or cyclic N) is 1. The van der Waals surface area contributed by atoms with Crippen LogP contribution in [-0.2, 0) is 31.1 Å². The maximum absolute atomic E-state index is 11.5. The number of aliphatic hydroxyl groups is 2. The van der Waals surface area contributed by atoms with Gasteiger partial charge in [-0.05, 0) is 71.1 Å². The highest BCUT2D eigenvalue weighted by molar-refractivity contribution is 9.10. The Morgan fingerprint density at radius 3 is 2.54 bits per heavy atom. The second kappa shape index (κ2) is 17.8. The number of pyridine rings is 1. The fourth-order valence-corrected chi connectivity index (χ4v) is 7.33. The molecule has 3 heterocycles. The van der Waals surface area contributed by atoms with Crippen molar-refractivity contribution in [1.82, 2.24) is 25.0 Å². The summed E-state index contributed by atoms with van der Waals surface area (Å²) < 4.78 is 15.4. The quantitative estimate of drug-likeness (QED) is 0.0750. The summed E-state index contributed by atoms with van der Waals surface area (Å²) in [6.45, 7) is 3.37. The van der Waals surface area contributed by atoms with Gasteiger partial charge in [0.2, 0.25) is 0 Å². The Bertz CT molecular complexity index is 2010. The summed E-state index contributed by atoms with van der Waals surface area (Å²) in [4.78, 5) is 17.9. The lowest BCUT2D eigenvalue weighted by molar-refractivity contribution is -0.140. The van der Waals surface area contributed by atoms with Crippen LogP contribution >= 0.6 is 39.1 Å². The number of aromatic nitrogens is 3. The minimum atomic E-state index is -1.18. The van der Waals surface area contributed by atoms with E-state index >= 15 is 0 Å². The number of carbonyl (C=O) groups is 1. The number of carboxylic acids is 1.